The van der Waals surface area contributed by atoms with Gasteiger partial charge in [0.2, 0.25) is 0 Å². The Balaban J connectivity index is 1.37. The van der Waals surface area contributed by atoms with Gasteiger partial charge in [0.05, 0.1) is 36.2 Å². The third kappa shape index (κ3) is 2.81. The zero-order chi connectivity index (χ0) is 19.3. The number of halogens is 1. The Hall–Kier alpha value is -3.29. The Morgan fingerprint density at radius 2 is 2.07 bits per heavy atom. The van der Waals surface area contributed by atoms with Crippen molar-refractivity contribution in [2.45, 2.75) is 26.1 Å². The van der Waals surface area contributed by atoms with Gasteiger partial charge >= 0.3 is 0 Å². The number of aryl methyl sites for hydroxylation is 1. The van der Waals surface area contributed by atoms with Gasteiger partial charge in [0, 0.05) is 18.4 Å². The summed E-state index contributed by atoms with van der Waals surface area (Å²) < 4.78 is 15.1. The van der Waals surface area contributed by atoms with E-state index in [1.165, 1.54) is 0 Å². The number of carbonyl (C=O) groups is 1. The van der Waals surface area contributed by atoms with Crippen LogP contribution in [-0.4, -0.2) is 44.9 Å². The van der Waals surface area contributed by atoms with Crippen molar-refractivity contribution in [1.29, 1.82) is 0 Å². The highest BCUT2D eigenvalue weighted by atomic mass is 19.1. The fraction of sp³-hybridized carbons (Fsp3) is 0.300. The number of hydrogen-bond acceptors (Lipinski definition) is 5. The number of rotatable bonds is 3. The molecule has 0 bridgehead atoms. The summed E-state index contributed by atoms with van der Waals surface area (Å²) >= 11 is 0. The second-order valence-corrected chi connectivity index (χ2v) is 7.17. The number of nitrogens with zero attached hydrogens (tertiary/aromatic N) is 6. The summed E-state index contributed by atoms with van der Waals surface area (Å²) in [5, 5.41) is 4.56. The van der Waals surface area contributed by atoms with E-state index in [0.717, 1.165) is 22.9 Å². The monoisotopic (exact) mass is 378 g/mol. The first kappa shape index (κ1) is 16.9. The van der Waals surface area contributed by atoms with Crippen LogP contribution in [0.3, 0.4) is 0 Å². The van der Waals surface area contributed by atoms with Crippen molar-refractivity contribution in [3.05, 3.63) is 59.7 Å². The first-order valence-electron chi connectivity index (χ1n) is 9.28. The van der Waals surface area contributed by atoms with Gasteiger partial charge in [-0.15, -0.1) is 0 Å². The van der Waals surface area contributed by atoms with Crippen molar-refractivity contribution in [3.63, 3.8) is 0 Å². The second-order valence-electron chi connectivity index (χ2n) is 7.17. The number of carbonyl (C=O) groups excluding carboxylic acids is 1. The Kier molecular flexibility index (Phi) is 3.85. The molecule has 1 atom stereocenters. The van der Waals surface area contributed by atoms with E-state index >= 15 is 0 Å². The largest absolute Gasteiger partial charge is 0.354 e. The minimum Gasteiger partial charge on any atom is -0.354 e. The number of alkyl halides is 1. The van der Waals surface area contributed by atoms with E-state index in [4.69, 9.17) is 0 Å². The molecule has 0 unspecified atom stereocenters. The summed E-state index contributed by atoms with van der Waals surface area (Å²) in [6.45, 7) is 3.37. The molecule has 0 aliphatic carbocycles. The molecule has 1 amide bonds. The molecule has 0 radical (unpaired) electrons. The van der Waals surface area contributed by atoms with Crippen LogP contribution >= 0.6 is 0 Å². The van der Waals surface area contributed by atoms with Gasteiger partial charge in [-0.25, -0.2) is 19.0 Å². The maximum Gasteiger partial charge on any atom is 0.263 e. The molecule has 0 N–H and O–H groups in total. The number of amides is 1. The Morgan fingerprint density at radius 1 is 1.18 bits per heavy atom. The van der Waals surface area contributed by atoms with Crippen LogP contribution in [0.4, 0.5) is 16.0 Å². The third-order valence-electron chi connectivity index (χ3n) is 5.18. The number of fused-ring (bicyclic) bond motifs is 1. The summed E-state index contributed by atoms with van der Waals surface area (Å²) in [5.74, 6) is 1.30. The van der Waals surface area contributed by atoms with Crippen molar-refractivity contribution in [3.8, 4) is 5.69 Å². The topological polar surface area (TPSA) is 67.2 Å². The lowest BCUT2D eigenvalue weighted by atomic mass is 10.3. The molecule has 5 rings (SSSR count). The molecule has 3 aromatic rings. The van der Waals surface area contributed by atoms with E-state index < -0.39 is 6.17 Å². The van der Waals surface area contributed by atoms with Crippen LogP contribution in [0.2, 0.25) is 0 Å². The standard InChI is InChI=1S/C20H19FN6O/c1-13-3-2-4-19(23-13)26-12-17-16(20(26)28)11-27(24-17)15-5-6-18(22-9-15)25-8-7-14(21)10-25/h2-6,9,11,14H,7-8,10,12H2,1H3/t14-/m1/s1. The van der Waals surface area contributed by atoms with Crippen LogP contribution in [-0.2, 0) is 6.54 Å². The van der Waals surface area contributed by atoms with E-state index in [1.807, 2.05) is 42.2 Å². The quantitative estimate of drug-likeness (QED) is 0.701. The normalized spacial score (nSPS) is 18.8. The second kappa shape index (κ2) is 6.40. The lowest BCUT2D eigenvalue weighted by Gasteiger charge is -2.16. The van der Waals surface area contributed by atoms with Crippen LogP contribution in [0, 0.1) is 6.92 Å². The van der Waals surface area contributed by atoms with Gasteiger partial charge in [-0.2, -0.15) is 5.10 Å². The molecule has 5 heterocycles. The Labute approximate surface area is 161 Å². The molecule has 8 heteroatoms. The van der Waals surface area contributed by atoms with E-state index in [1.54, 1.807) is 22.0 Å². The molecule has 1 saturated heterocycles. The SMILES string of the molecule is Cc1cccc(N2Cc3nn(-c4ccc(N5CC[C@@H](F)C5)nc4)cc3C2=O)n1. The molecule has 28 heavy (non-hydrogen) atoms. The first-order valence-corrected chi connectivity index (χ1v) is 9.28. The van der Waals surface area contributed by atoms with E-state index in [2.05, 4.69) is 15.1 Å². The lowest BCUT2D eigenvalue weighted by molar-refractivity contribution is 0.0995. The van der Waals surface area contributed by atoms with Gasteiger partial charge in [0.1, 0.15) is 17.8 Å². The molecule has 0 spiro atoms. The number of pyridine rings is 2. The molecule has 142 valence electrons. The minimum atomic E-state index is -0.785. The van der Waals surface area contributed by atoms with Crippen LogP contribution in [0.5, 0.6) is 0 Å². The Morgan fingerprint density at radius 3 is 2.75 bits per heavy atom. The molecule has 1 fully saturated rings. The summed E-state index contributed by atoms with van der Waals surface area (Å²) in [4.78, 5) is 25.2. The van der Waals surface area contributed by atoms with Crippen molar-refractivity contribution in [1.82, 2.24) is 19.7 Å². The number of aromatic nitrogens is 4. The fourth-order valence-electron chi connectivity index (χ4n) is 3.69. The van der Waals surface area contributed by atoms with Gasteiger partial charge < -0.3 is 4.90 Å². The van der Waals surface area contributed by atoms with Crippen molar-refractivity contribution < 1.29 is 9.18 Å². The third-order valence-corrected chi connectivity index (χ3v) is 5.18. The summed E-state index contributed by atoms with van der Waals surface area (Å²) in [6, 6.07) is 9.37. The van der Waals surface area contributed by atoms with Crippen LogP contribution in [0.1, 0.15) is 28.2 Å². The molecule has 2 aliphatic heterocycles. The fourth-order valence-corrected chi connectivity index (χ4v) is 3.69. The van der Waals surface area contributed by atoms with E-state index in [-0.39, 0.29) is 5.91 Å². The van der Waals surface area contributed by atoms with E-state index in [0.29, 0.717) is 37.4 Å². The maximum atomic E-state index is 13.4. The van der Waals surface area contributed by atoms with Crippen LogP contribution in [0.15, 0.2) is 42.7 Å². The van der Waals surface area contributed by atoms with E-state index in [9.17, 15) is 9.18 Å². The van der Waals surface area contributed by atoms with Gasteiger partial charge in [-0.05, 0) is 37.6 Å². The molecule has 2 aliphatic rings. The van der Waals surface area contributed by atoms with Gasteiger partial charge in [-0.1, -0.05) is 6.07 Å². The van der Waals surface area contributed by atoms with Gasteiger partial charge in [0.15, 0.2) is 0 Å². The van der Waals surface area contributed by atoms with Gasteiger partial charge in [-0.3, -0.25) is 9.69 Å². The molecule has 7 nitrogen and oxygen atoms in total. The van der Waals surface area contributed by atoms with Crippen LogP contribution in [0.25, 0.3) is 5.69 Å². The first-order chi connectivity index (χ1) is 13.6. The lowest BCUT2D eigenvalue weighted by Crippen LogP contribution is -2.25. The summed E-state index contributed by atoms with van der Waals surface area (Å²) in [5.41, 5.74) is 2.93. The van der Waals surface area contributed by atoms with Crippen molar-refractivity contribution in [2.24, 2.45) is 0 Å². The predicted molar refractivity (Wildman–Crippen MR) is 103 cm³/mol. The summed E-state index contributed by atoms with van der Waals surface area (Å²) in [6.07, 6.45) is 3.20. The van der Waals surface area contributed by atoms with Crippen molar-refractivity contribution in [2.75, 3.05) is 22.9 Å². The minimum absolute atomic E-state index is 0.102. The number of hydrogen-bond donors (Lipinski definition) is 0. The predicted octanol–water partition coefficient (Wildman–Crippen LogP) is 2.68. The van der Waals surface area contributed by atoms with Gasteiger partial charge in [0.25, 0.3) is 5.91 Å². The van der Waals surface area contributed by atoms with Crippen molar-refractivity contribution >= 4 is 17.5 Å². The molecule has 0 saturated carbocycles. The molecular formula is C20H19FN6O. The average Bonchev–Trinajstić information content (AvgIpc) is 3.38. The highest BCUT2D eigenvalue weighted by Crippen LogP contribution is 2.27. The smallest absolute Gasteiger partial charge is 0.263 e. The molecule has 3 aromatic heterocycles. The number of anilines is 2. The zero-order valence-electron chi connectivity index (χ0n) is 15.4. The van der Waals surface area contributed by atoms with Crippen LogP contribution < -0.4 is 9.80 Å². The highest BCUT2D eigenvalue weighted by molar-refractivity contribution is 6.09. The molecular weight excluding hydrogens is 359 g/mol. The molecule has 0 aromatic carbocycles. The summed E-state index contributed by atoms with van der Waals surface area (Å²) in [7, 11) is 0. The Bertz CT molecular complexity index is 1050. The zero-order valence-corrected chi connectivity index (χ0v) is 15.4. The maximum absolute atomic E-state index is 13.4. The highest BCUT2D eigenvalue weighted by Gasteiger charge is 2.32. The average molecular weight is 378 g/mol.